The van der Waals surface area contributed by atoms with Crippen molar-refractivity contribution in [2.75, 3.05) is 5.73 Å². The van der Waals surface area contributed by atoms with Gasteiger partial charge >= 0.3 is 12.4 Å². The van der Waals surface area contributed by atoms with Crippen LogP contribution in [0.1, 0.15) is 11.5 Å². The molecule has 3 rings (SSSR count). The van der Waals surface area contributed by atoms with Crippen LogP contribution in [0.15, 0.2) is 22.7 Å². The summed E-state index contributed by atoms with van der Waals surface area (Å²) >= 11 is 9.16. The minimum absolute atomic E-state index is 0.0523. The first kappa shape index (κ1) is 18.7. The van der Waals surface area contributed by atoms with E-state index in [4.69, 9.17) is 17.3 Å². The van der Waals surface area contributed by atoms with Gasteiger partial charge in [-0.15, -0.1) is 5.10 Å². The molecule has 2 heterocycles. The minimum atomic E-state index is -5.20. The van der Waals surface area contributed by atoms with E-state index in [0.717, 1.165) is 4.68 Å². The Morgan fingerprint density at radius 1 is 1.04 bits per heavy atom. The van der Waals surface area contributed by atoms with E-state index in [1.807, 2.05) is 0 Å². The zero-order chi connectivity index (χ0) is 19.4. The zero-order valence-corrected chi connectivity index (χ0v) is 14.5. The summed E-state index contributed by atoms with van der Waals surface area (Å²) in [7, 11) is 0. The highest BCUT2D eigenvalue weighted by Crippen LogP contribution is 2.39. The predicted molar refractivity (Wildman–Crippen MR) is 83.8 cm³/mol. The van der Waals surface area contributed by atoms with E-state index < -0.39 is 40.7 Å². The molecule has 2 N–H and O–H groups in total. The fraction of sp³-hybridized carbons (Fsp3) is 0.154. The first-order valence-corrected chi connectivity index (χ1v) is 7.72. The number of nitrogens with zero attached hydrogens (tertiary/aromatic N) is 4. The van der Waals surface area contributed by atoms with Crippen LogP contribution in [0.25, 0.3) is 16.7 Å². The molecule has 0 radical (unpaired) electrons. The topological polar surface area (TPSA) is 69.6 Å². The van der Waals surface area contributed by atoms with E-state index in [9.17, 15) is 26.3 Å². The molecule has 0 unspecified atom stereocenters. The number of aromatic nitrogens is 4. The van der Waals surface area contributed by atoms with Crippen LogP contribution >= 0.6 is 27.5 Å². The summed E-state index contributed by atoms with van der Waals surface area (Å²) in [5.74, 6) is -2.56. The van der Waals surface area contributed by atoms with Gasteiger partial charge in [-0.25, -0.2) is 14.6 Å². The second-order valence-corrected chi connectivity index (χ2v) is 6.31. The molecule has 26 heavy (non-hydrogen) atoms. The van der Waals surface area contributed by atoms with E-state index >= 15 is 0 Å². The summed E-state index contributed by atoms with van der Waals surface area (Å²) in [6.07, 6.45) is -10.4. The molecule has 13 heteroatoms. The van der Waals surface area contributed by atoms with Crippen molar-refractivity contribution >= 4 is 44.4 Å². The fourth-order valence-electron chi connectivity index (χ4n) is 2.18. The summed E-state index contributed by atoms with van der Waals surface area (Å²) in [6, 6.07) is 4.30. The third-order valence-corrected chi connectivity index (χ3v) is 4.02. The fourth-order valence-corrected chi connectivity index (χ4v) is 2.93. The average molecular weight is 461 g/mol. The SMILES string of the molecule is Nc1c2c(C(F)(F)F)nc(C(F)(F)F)nc2nn1-c1ccc(Br)cc1Cl. The molecule has 3 aromatic rings. The Morgan fingerprint density at radius 3 is 2.23 bits per heavy atom. The lowest BCUT2D eigenvalue weighted by atomic mass is 10.2. The predicted octanol–water partition coefficient (Wildman–Crippen LogP) is 4.85. The summed E-state index contributed by atoms with van der Waals surface area (Å²) in [4.78, 5) is 5.69. The molecule has 5 nitrogen and oxygen atoms in total. The number of hydrogen-bond acceptors (Lipinski definition) is 4. The molecule has 1 aromatic carbocycles. The number of alkyl halides is 6. The molecular weight excluding hydrogens is 456 g/mol. The Labute approximate surface area is 153 Å². The zero-order valence-electron chi connectivity index (χ0n) is 12.1. The van der Waals surface area contributed by atoms with Crippen LogP contribution in [-0.4, -0.2) is 19.7 Å². The number of anilines is 1. The van der Waals surface area contributed by atoms with Crippen molar-refractivity contribution in [3.63, 3.8) is 0 Å². The highest BCUT2D eigenvalue weighted by molar-refractivity contribution is 9.10. The summed E-state index contributed by atoms with van der Waals surface area (Å²) in [5, 5.41) is 2.87. The smallest absolute Gasteiger partial charge is 0.383 e. The molecule has 2 aromatic heterocycles. The van der Waals surface area contributed by atoms with Gasteiger partial charge in [0.1, 0.15) is 5.82 Å². The number of fused-ring (bicyclic) bond motifs is 1. The van der Waals surface area contributed by atoms with E-state index in [2.05, 4.69) is 31.0 Å². The van der Waals surface area contributed by atoms with E-state index in [0.29, 0.717) is 4.47 Å². The van der Waals surface area contributed by atoms with Gasteiger partial charge < -0.3 is 5.73 Å². The van der Waals surface area contributed by atoms with Crippen molar-refractivity contribution in [2.24, 2.45) is 0 Å². The Kier molecular flexibility index (Phi) is 4.30. The van der Waals surface area contributed by atoms with Crippen molar-refractivity contribution in [1.29, 1.82) is 0 Å². The molecule has 0 aliphatic heterocycles. The molecule has 0 aliphatic rings. The third kappa shape index (κ3) is 3.18. The van der Waals surface area contributed by atoms with Crippen LogP contribution < -0.4 is 5.73 Å². The molecule has 0 fully saturated rings. The van der Waals surface area contributed by atoms with Gasteiger partial charge in [0.2, 0.25) is 5.82 Å². The maximum Gasteiger partial charge on any atom is 0.451 e. The third-order valence-electron chi connectivity index (χ3n) is 3.23. The summed E-state index contributed by atoms with van der Waals surface area (Å²) < 4.78 is 79.5. The number of rotatable bonds is 1. The molecular formula is C13H5BrClF6N5. The maximum absolute atomic E-state index is 13.2. The van der Waals surface area contributed by atoms with E-state index in [-0.39, 0.29) is 10.7 Å². The molecule has 0 spiro atoms. The van der Waals surface area contributed by atoms with E-state index in [1.165, 1.54) is 18.2 Å². The molecule has 0 bridgehead atoms. The number of nitrogen functional groups attached to an aromatic ring is 1. The molecule has 0 saturated heterocycles. The van der Waals surface area contributed by atoms with Crippen LogP contribution in [-0.2, 0) is 12.4 Å². The van der Waals surface area contributed by atoms with Crippen molar-refractivity contribution < 1.29 is 26.3 Å². The van der Waals surface area contributed by atoms with Gasteiger partial charge in [0.25, 0.3) is 0 Å². The minimum Gasteiger partial charge on any atom is -0.383 e. The Balaban J connectivity index is 2.38. The van der Waals surface area contributed by atoms with Crippen molar-refractivity contribution in [3.05, 3.63) is 39.2 Å². The second-order valence-electron chi connectivity index (χ2n) is 4.98. The first-order valence-electron chi connectivity index (χ1n) is 6.55. The summed E-state index contributed by atoms with van der Waals surface area (Å²) in [5.41, 5.74) is 3.09. The van der Waals surface area contributed by atoms with E-state index in [1.54, 1.807) is 0 Å². The normalized spacial score (nSPS) is 12.8. The van der Waals surface area contributed by atoms with Gasteiger partial charge in [0.05, 0.1) is 16.1 Å². The lowest BCUT2D eigenvalue weighted by Crippen LogP contribution is -2.17. The van der Waals surface area contributed by atoms with Crippen molar-refractivity contribution in [1.82, 2.24) is 19.7 Å². The molecule has 0 saturated carbocycles. The number of nitrogens with two attached hydrogens (primary N) is 1. The van der Waals surface area contributed by atoms with Crippen molar-refractivity contribution in [2.45, 2.75) is 12.4 Å². The van der Waals surface area contributed by atoms with Gasteiger partial charge in [-0.05, 0) is 18.2 Å². The van der Waals surface area contributed by atoms with Gasteiger partial charge in [-0.1, -0.05) is 27.5 Å². The lowest BCUT2D eigenvalue weighted by Gasteiger charge is -2.10. The lowest BCUT2D eigenvalue weighted by molar-refractivity contribution is -0.151. The quantitative estimate of drug-likeness (QED) is 0.527. The molecule has 0 atom stereocenters. The first-order chi connectivity index (χ1) is 11.9. The largest absolute Gasteiger partial charge is 0.451 e. The molecule has 0 amide bonds. The van der Waals surface area contributed by atoms with Crippen molar-refractivity contribution in [3.8, 4) is 5.69 Å². The maximum atomic E-state index is 13.2. The van der Waals surface area contributed by atoms with Crippen LogP contribution in [0.3, 0.4) is 0 Å². The standard InChI is InChI=1S/C13H5BrClF6N5/c14-4-1-2-6(5(15)3-4)26-9(22)7-8(12(16,17)18)23-11(13(19,20)21)24-10(7)25-26/h1-3H,22H2. The Bertz CT molecular complexity index is 1010. The van der Waals surface area contributed by atoms with Gasteiger partial charge in [-0.2, -0.15) is 26.3 Å². The van der Waals surface area contributed by atoms with Crippen LogP contribution in [0.4, 0.5) is 32.2 Å². The average Bonchev–Trinajstić information content (AvgIpc) is 2.81. The number of halogens is 8. The monoisotopic (exact) mass is 459 g/mol. The van der Waals surface area contributed by atoms with Gasteiger partial charge in [0.15, 0.2) is 11.3 Å². The van der Waals surface area contributed by atoms with Gasteiger partial charge in [-0.3, -0.25) is 0 Å². The molecule has 138 valence electrons. The molecule has 0 aliphatic carbocycles. The number of hydrogen-bond donors (Lipinski definition) is 1. The highest BCUT2D eigenvalue weighted by atomic mass is 79.9. The number of benzene rings is 1. The second kappa shape index (κ2) is 5.98. The van der Waals surface area contributed by atoms with Gasteiger partial charge in [0, 0.05) is 4.47 Å². The highest BCUT2D eigenvalue weighted by Gasteiger charge is 2.43. The van der Waals surface area contributed by atoms with Crippen LogP contribution in [0, 0.1) is 0 Å². The van der Waals surface area contributed by atoms with Crippen LogP contribution in [0.5, 0.6) is 0 Å². The summed E-state index contributed by atoms with van der Waals surface area (Å²) in [6.45, 7) is 0. The Morgan fingerprint density at radius 2 is 1.69 bits per heavy atom. The van der Waals surface area contributed by atoms with Crippen LogP contribution in [0.2, 0.25) is 5.02 Å². The Hall–Kier alpha value is -2.08.